The van der Waals surface area contributed by atoms with Crippen molar-refractivity contribution in [2.24, 2.45) is 4.99 Å². The lowest BCUT2D eigenvalue weighted by Gasteiger charge is -2.22. The van der Waals surface area contributed by atoms with Crippen LogP contribution in [-0.2, 0) is 16.6 Å². The molecule has 26 heavy (non-hydrogen) atoms. The Balaban J connectivity index is 2.58. The molecule has 2 N–H and O–H groups in total. The van der Waals surface area contributed by atoms with Crippen molar-refractivity contribution in [3.8, 4) is 5.75 Å². The molecule has 0 unspecified atom stereocenters. The third-order valence-electron chi connectivity index (χ3n) is 3.23. The van der Waals surface area contributed by atoms with Gasteiger partial charge in [0.25, 0.3) is 0 Å². The van der Waals surface area contributed by atoms with Crippen molar-refractivity contribution in [1.29, 1.82) is 0 Å². The fourth-order valence-corrected chi connectivity index (χ4v) is 2.63. The van der Waals surface area contributed by atoms with Crippen molar-refractivity contribution >= 4 is 16.0 Å². The maximum atomic E-state index is 12.2. The van der Waals surface area contributed by atoms with Crippen LogP contribution in [0.3, 0.4) is 0 Å². The molecule has 1 aromatic rings. The Morgan fingerprint density at radius 2 is 1.96 bits per heavy atom. The van der Waals surface area contributed by atoms with E-state index >= 15 is 0 Å². The first-order valence-electron chi connectivity index (χ1n) is 8.19. The highest BCUT2D eigenvalue weighted by atomic mass is 32.2. The molecule has 0 radical (unpaired) electrons. The number of sulfonamides is 1. The second-order valence-electron chi connectivity index (χ2n) is 5.63. The summed E-state index contributed by atoms with van der Waals surface area (Å²) in [5.74, 6) is 0.796. The number of rotatable bonds is 10. The molecule has 7 nitrogen and oxygen atoms in total. The van der Waals surface area contributed by atoms with Gasteiger partial charge < -0.3 is 15.0 Å². The third-order valence-corrected chi connectivity index (χ3v) is 3.95. The van der Waals surface area contributed by atoms with E-state index in [1.165, 1.54) is 12.1 Å². The molecule has 0 aromatic heterocycles. The van der Waals surface area contributed by atoms with Crippen molar-refractivity contribution in [2.45, 2.75) is 26.5 Å². The van der Waals surface area contributed by atoms with Crippen molar-refractivity contribution in [3.63, 3.8) is 0 Å². The zero-order chi connectivity index (χ0) is 19.6. The van der Waals surface area contributed by atoms with Gasteiger partial charge >= 0.3 is 6.61 Å². The number of hydrogen-bond acceptors (Lipinski definition) is 4. The highest BCUT2D eigenvalue weighted by Crippen LogP contribution is 2.15. The summed E-state index contributed by atoms with van der Waals surface area (Å²) in [6, 6.07) is 6.42. The Labute approximate surface area is 153 Å². The Morgan fingerprint density at radius 3 is 2.50 bits per heavy atom. The normalized spacial score (nSPS) is 12.3. The van der Waals surface area contributed by atoms with Gasteiger partial charge in [-0.15, -0.1) is 0 Å². The van der Waals surface area contributed by atoms with Crippen LogP contribution in [0.4, 0.5) is 8.78 Å². The van der Waals surface area contributed by atoms with Crippen LogP contribution in [0.15, 0.2) is 29.3 Å². The summed E-state index contributed by atoms with van der Waals surface area (Å²) in [6.45, 7) is 1.13. The van der Waals surface area contributed by atoms with Crippen LogP contribution in [0, 0.1) is 0 Å². The van der Waals surface area contributed by atoms with Crippen LogP contribution in [0.25, 0.3) is 0 Å². The Morgan fingerprint density at radius 1 is 1.31 bits per heavy atom. The second-order valence-corrected chi connectivity index (χ2v) is 7.47. The lowest BCUT2D eigenvalue weighted by Crippen LogP contribution is -2.38. The smallest absolute Gasteiger partial charge is 0.387 e. The standard InChI is InChI=1S/C16H26F2N4O3S/c1-4-19-16(20-10-5-11-21-26(3,23)24)22(2)12-13-6-8-14(9-7-13)25-15(17)18/h6-9,15,21H,4-5,10-12H2,1-3H3,(H,19,20). The van der Waals surface area contributed by atoms with Crippen LogP contribution in [0.5, 0.6) is 5.75 Å². The predicted octanol–water partition coefficient (Wildman–Crippen LogP) is 1.62. The van der Waals surface area contributed by atoms with Gasteiger partial charge in [-0.05, 0) is 31.0 Å². The van der Waals surface area contributed by atoms with Crippen LogP contribution >= 0.6 is 0 Å². The van der Waals surface area contributed by atoms with E-state index in [1.54, 1.807) is 12.1 Å². The lowest BCUT2D eigenvalue weighted by molar-refractivity contribution is -0.0498. The van der Waals surface area contributed by atoms with Gasteiger partial charge in [-0.1, -0.05) is 12.1 Å². The topological polar surface area (TPSA) is 83.0 Å². The Kier molecular flexibility index (Phi) is 9.28. The molecule has 0 fully saturated rings. The Hall–Kier alpha value is -1.94. The summed E-state index contributed by atoms with van der Waals surface area (Å²) in [4.78, 5) is 6.36. The molecule has 0 aliphatic carbocycles. The highest BCUT2D eigenvalue weighted by molar-refractivity contribution is 7.88. The van der Waals surface area contributed by atoms with Crippen molar-refractivity contribution in [3.05, 3.63) is 29.8 Å². The molecule has 0 saturated carbocycles. The highest BCUT2D eigenvalue weighted by Gasteiger charge is 2.08. The minimum absolute atomic E-state index is 0.116. The van der Waals surface area contributed by atoms with E-state index < -0.39 is 16.6 Å². The number of guanidine groups is 1. The number of benzene rings is 1. The van der Waals surface area contributed by atoms with Crippen molar-refractivity contribution in [1.82, 2.24) is 14.9 Å². The fourth-order valence-electron chi connectivity index (χ4n) is 2.12. The first-order valence-corrected chi connectivity index (χ1v) is 10.1. The maximum absolute atomic E-state index is 12.2. The molecule has 0 amide bonds. The third kappa shape index (κ3) is 9.52. The summed E-state index contributed by atoms with van der Waals surface area (Å²) in [6.07, 6.45) is 1.70. The molecule has 1 aromatic carbocycles. The molecule has 0 bridgehead atoms. The summed E-state index contributed by atoms with van der Waals surface area (Å²) in [5, 5.41) is 3.16. The molecular weight excluding hydrogens is 366 g/mol. The molecule has 148 valence electrons. The molecule has 1 rings (SSSR count). The molecule has 0 spiro atoms. The second kappa shape index (κ2) is 10.9. The molecule has 0 aliphatic heterocycles. The summed E-state index contributed by atoms with van der Waals surface area (Å²) >= 11 is 0. The number of aliphatic imine (C=N–C) groups is 1. The first-order chi connectivity index (χ1) is 12.2. The minimum atomic E-state index is -3.18. The molecule has 0 saturated heterocycles. The van der Waals surface area contributed by atoms with E-state index in [9.17, 15) is 17.2 Å². The van der Waals surface area contributed by atoms with Gasteiger partial charge in [-0.25, -0.2) is 13.1 Å². The summed E-state index contributed by atoms with van der Waals surface area (Å²) < 4.78 is 53.1. The minimum Gasteiger partial charge on any atom is -0.435 e. The average molecular weight is 392 g/mol. The van der Waals surface area contributed by atoms with E-state index in [1.807, 2.05) is 18.9 Å². The zero-order valence-electron chi connectivity index (χ0n) is 15.2. The first kappa shape index (κ1) is 22.1. The van der Waals surface area contributed by atoms with Gasteiger partial charge in [0.15, 0.2) is 5.96 Å². The van der Waals surface area contributed by atoms with E-state index in [2.05, 4.69) is 19.8 Å². The SMILES string of the molecule is CCNC(=NCCCNS(C)(=O)=O)N(C)Cc1ccc(OC(F)F)cc1. The number of nitrogens with one attached hydrogen (secondary N) is 2. The van der Waals surface area contributed by atoms with E-state index in [4.69, 9.17) is 0 Å². The van der Waals surface area contributed by atoms with Gasteiger partial charge in [0.1, 0.15) is 5.75 Å². The Bertz CT molecular complexity index is 667. The van der Waals surface area contributed by atoms with Gasteiger partial charge in [-0.3, -0.25) is 4.99 Å². The molecule has 10 heteroatoms. The number of hydrogen-bond donors (Lipinski definition) is 2. The fraction of sp³-hybridized carbons (Fsp3) is 0.562. The molecule has 0 heterocycles. The van der Waals surface area contributed by atoms with Crippen molar-refractivity contribution < 1.29 is 21.9 Å². The quantitative estimate of drug-likeness (QED) is 0.359. The van der Waals surface area contributed by atoms with Crippen LogP contribution < -0.4 is 14.8 Å². The van der Waals surface area contributed by atoms with Crippen molar-refractivity contribution in [2.75, 3.05) is 32.9 Å². The lowest BCUT2D eigenvalue weighted by atomic mass is 10.2. The van der Waals surface area contributed by atoms with E-state index in [-0.39, 0.29) is 5.75 Å². The van der Waals surface area contributed by atoms with E-state index in [0.29, 0.717) is 38.6 Å². The molecule has 0 atom stereocenters. The molecule has 0 aliphatic rings. The largest absolute Gasteiger partial charge is 0.435 e. The van der Waals surface area contributed by atoms with Gasteiger partial charge in [-0.2, -0.15) is 8.78 Å². The number of alkyl halides is 2. The number of halogens is 2. The summed E-state index contributed by atoms with van der Waals surface area (Å²) in [5.41, 5.74) is 0.915. The van der Waals surface area contributed by atoms with E-state index in [0.717, 1.165) is 11.8 Å². The number of nitrogens with zero attached hydrogens (tertiary/aromatic N) is 2. The zero-order valence-corrected chi connectivity index (χ0v) is 16.0. The van der Waals surface area contributed by atoms with Gasteiger partial charge in [0, 0.05) is 33.2 Å². The van der Waals surface area contributed by atoms with Gasteiger partial charge in [0.2, 0.25) is 10.0 Å². The average Bonchev–Trinajstić information content (AvgIpc) is 2.53. The van der Waals surface area contributed by atoms with Crippen LogP contribution in [0.2, 0.25) is 0 Å². The van der Waals surface area contributed by atoms with Gasteiger partial charge in [0.05, 0.1) is 6.26 Å². The monoisotopic (exact) mass is 392 g/mol. The predicted molar refractivity (Wildman–Crippen MR) is 98.0 cm³/mol. The summed E-state index contributed by atoms with van der Waals surface area (Å²) in [7, 11) is -1.32. The maximum Gasteiger partial charge on any atom is 0.387 e. The molecular formula is C16H26F2N4O3S. The van der Waals surface area contributed by atoms with Crippen LogP contribution in [-0.4, -0.2) is 58.8 Å². The number of ether oxygens (including phenoxy) is 1. The van der Waals surface area contributed by atoms with Crippen LogP contribution in [0.1, 0.15) is 18.9 Å².